The van der Waals surface area contributed by atoms with Crippen molar-refractivity contribution in [1.82, 2.24) is 0 Å². The van der Waals surface area contributed by atoms with Crippen molar-refractivity contribution in [2.75, 3.05) is 23.9 Å². The summed E-state index contributed by atoms with van der Waals surface area (Å²) in [5.74, 6) is -0.0440. The Bertz CT molecular complexity index is 1130. The van der Waals surface area contributed by atoms with Crippen LogP contribution in [0.5, 0.6) is 0 Å². The van der Waals surface area contributed by atoms with Crippen LogP contribution in [0, 0.1) is 5.41 Å². The number of thioether (sulfide) groups is 1. The number of amidine groups is 1. The molecule has 2 N–H and O–H groups in total. The topological polar surface area (TPSA) is 95.8 Å². The molecule has 1 aromatic rings. The molecular formula is C30H40N2O4S2. The number of carboxylic acid groups (broad SMARTS) is 1. The molecule has 2 aliphatic rings. The van der Waals surface area contributed by atoms with Gasteiger partial charge in [0.05, 0.1) is 17.2 Å². The van der Waals surface area contributed by atoms with Gasteiger partial charge in [0.1, 0.15) is 0 Å². The quantitative estimate of drug-likeness (QED) is 0.201. The summed E-state index contributed by atoms with van der Waals surface area (Å²) < 4.78 is 11.8. The number of hydrogen-bond donors (Lipinski definition) is 2. The van der Waals surface area contributed by atoms with E-state index >= 15 is 0 Å². The third kappa shape index (κ3) is 8.53. The molecule has 6 nitrogen and oxygen atoms in total. The Morgan fingerprint density at radius 3 is 2.53 bits per heavy atom. The molecule has 1 aromatic carbocycles. The third-order valence-corrected chi connectivity index (χ3v) is 9.58. The first-order valence-electron chi connectivity index (χ1n) is 13.4. The van der Waals surface area contributed by atoms with Gasteiger partial charge < -0.3 is 10.4 Å². The molecule has 0 spiro atoms. The van der Waals surface area contributed by atoms with Gasteiger partial charge in [0.15, 0.2) is 11.0 Å². The predicted molar refractivity (Wildman–Crippen MR) is 161 cm³/mol. The van der Waals surface area contributed by atoms with Gasteiger partial charge in [-0.3, -0.25) is 18.8 Å². The van der Waals surface area contributed by atoms with Gasteiger partial charge in [-0.1, -0.05) is 74.4 Å². The summed E-state index contributed by atoms with van der Waals surface area (Å²) >= 11 is 1.64. The van der Waals surface area contributed by atoms with Crippen LogP contribution < -0.4 is 5.32 Å². The summed E-state index contributed by atoms with van der Waals surface area (Å²) in [6.45, 7) is 4.51. The number of benzene rings is 1. The number of hydrogen-bond acceptors (Lipinski definition) is 6. The van der Waals surface area contributed by atoms with E-state index in [0.29, 0.717) is 31.4 Å². The zero-order valence-electron chi connectivity index (χ0n) is 22.7. The smallest absolute Gasteiger partial charge is 0.310 e. The monoisotopic (exact) mass is 556 g/mol. The van der Waals surface area contributed by atoms with Gasteiger partial charge in [-0.2, -0.15) is 0 Å². The molecule has 2 unspecified atom stereocenters. The van der Waals surface area contributed by atoms with Crippen molar-refractivity contribution < 1.29 is 18.9 Å². The molecule has 1 heterocycles. The largest absolute Gasteiger partial charge is 0.481 e. The van der Waals surface area contributed by atoms with Gasteiger partial charge in [-0.05, 0) is 61.4 Å². The fourth-order valence-corrected chi connectivity index (χ4v) is 6.75. The second-order valence-corrected chi connectivity index (χ2v) is 12.8. The lowest BCUT2D eigenvalue weighted by Crippen LogP contribution is -2.35. The van der Waals surface area contributed by atoms with Crippen LogP contribution in [0.3, 0.4) is 0 Å². The first-order valence-corrected chi connectivity index (χ1v) is 16.0. The number of aliphatic imine (C=N–C) groups is 1. The molecule has 8 heteroatoms. The summed E-state index contributed by atoms with van der Waals surface area (Å²) in [4.78, 5) is 29.7. The maximum atomic E-state index is 13.1. The lowest BCUT2D eigenvalue weighted by atomic mass is 9.70. The van der Waals surface area contributed by atoms with Crippen LogP contribution in [0.2, 0.25) is 0 Å². The van der Waals surface area contributed by atoms with E-state index in [1.54, 1.807) is 18.0 Å². The molecule has 0 saturated heterocycles. The second kappa shape index (κ2) is 14.6. The molecule has 0 bridgehead atoms. The Hall–Kier alpha value is -2.45. The molecule has 0 radical (unpaired) electrons. The van der Waals surface area contributed by atoms with E-state index in [1.807, 2.05) is 62.4 Å². The summed E-state index contributed by atoms with van der Waals surface area (Å²) in [7, 11) is -0.872. The van der Waals surface area contributed by atoms with Crippen LogP contribution in [0.25, 0.3) is 5.57 Å². The van der Waals surface area contributed by atoms with Crippen LogP contribution in [0.4, 0.5) is 5.69 Å². The fourth-order valence-electron chi connectivity index (χ4n) is 4.90. The maximum absolute atomic E-state index is 13.1. The second-order valence-electron chi connectivity index (χ2n) is 10.1. The predicted octanol–water partition coefficient (Wildman–Crippen LogP) is 6.63. The Morgan fingerprint density at radius 1 is 1.18 bits per heavy atom. The van der Waals surface area contributed by atoms with Crippen molar-refractivity contribution in [3.05, 3.63) is 59.7 Å². The zero-order chi connectivity index (χ0) is 27.5. The van der Waals surface area contributed by atoms with Crippen LogP contribution in [-0.4, -0.2) is 50.0 Å². The number of Topliss-reactive ketones (excluding diaryl/α,β-unsaturated/α-hetero) is 1. The molecule has 1 aliphatic carbocycles. The number of rotatable bonds is 9. The van der Waals surface area contributed by atoms with Crippen LogP contribution in [0.15, 0.2) is 59.1 Å². The number of aliphatic carboxylic acids is 1. The highest BCUT2D eigenvalue weighted by molar-refractivity contribution is 8.14. The fraction of sp³-hybridized carbons (Fsp3) is 0.500. The average molecular weight is 557 g/mol. The minimum atomic E-state index is -0.907. The Morgan fingerprint density at radius 2 is 1.89 bits per heavy atom. The molecule has 1 aliphatic heterocycles. The summed E-state index contributed by atoms with van der Waals surface area (Å²) in [5, 5.41) is 14.2. The van der Waals surface area contributed by atoms with Crippen molar-refractivity contribution in [1.29, 1.82) is 0 Å². The van der Waals surface area contributed by atoms with E-state index in [0.717, 1.165) is 53.4 Å². The first kappa shape index (κ1) is 30.1. The van der Waals surface area contributed by atoms with Gasteiger partial charge in [0, 0.05) is 34.9 Å². The molecule has 206 valence electrons. The van der Waals surface area contributed by atoms with Crippen LogP contribution in [-0.2, 0) is 20.4 Å². The van der Waals surface area contributed by atoms with Gasteiger partial charge in [0.25, 0.3) is 0 Å². The van der Waals surface area contributed by atoms with Crippen LogP contribution in [0.1, 0.15) is 70.8 Å². The number of anilines is 1. The molecule has 3 rings (SSSR count). The Balaban J connectivity index is 1.63. The first-order chi connectivity index (χ1) is 18.2. The minimum absolute atomic E-state index is 0.0555. The Labute approximate surface area is 233 Å². The van der Waals surface area contributed by atoms with Crippen molar-refractivity contribution >= 4 is 50.7 Å². The highest BCUT2D eigenvalue weighted by Crippen LogP contribution is 2.40. The molecule has 38 heavy (non-hydrogen) atoms. The number of nitrogens with zero attached hydrogens (tertiary/aromatic N) is 1. The minimum Gasteiger partial charge on any atom is -0.481 e. The number of nitrogens with one attached hydrogen (secondary N) is 1. The number of carbonyl (C=O) groups excluding carboxylic acids is 1. The highest BCUT2D eigenvalue weighted by atomic mass is 32.2. The van der Waals surface area contributed by atoms with Crippen molar-refractivity contribution in [2.45, 2.75) is 70.5 Å². The lowest BCUT2D eigenvalue weighted by molar-refractivity contribution is -0.153. The number of ketones is 1. The zero-order valence-corrected chi connectivity index (χ0v) is 24.3. The van der Waals surface area contributed by atoms with E-state index in [-0.39, 0.29) is 17.5 Å². The van der Waals surface area contributed by atoms with Crippen molar-refractivity contribution in [2.24, 2.45) is 10.4 Å². The highest BCUT2D eigenvalue weighted by Gasteiger charge is 2.41. The van der Waals surface area contributed by atoms with Crippen molar-refractivity contribution in [3.8, 4) is 0 Å². The van der Waals surface area contributed by atoms with Gasteiger partial charge in [0.2, 0.25) is 0 Å². The SMILES string of the molecule is CC/C(=C\C=C(/C)c1ccc(NC2=NC/C=C\C(S(C)=O)CCS2)cc1)C(=O)CC1(C(=O)O)CCCCC1. The standard InChI is InChI=1S/C30H40N2O4S2/c1-4-23(27(33)21-30(28(34)35)17-6-5-7-18-30)11-10-22(2)24-12-14-25(15-13-24)32-29-31-19-8-9-26(38(3)36)16-20-37-29/h8-15,26H,4-7,16-21H2,1-3H3,(H,31,32)(H,34,35)/b9-8-,22-10+,23-11+. The molecule has 1 fully saturated rings. The summed E-state index contributed by atoms with van der Waals surface area (Å²) in [6, 6.07) is 8.09. The molecule has 1 saturated carbocycles. The van der Waals surface area contributed by atoms with Gasteiger partial charge in [-0.15, -0.1) is 0 Å². The number of allylic oxidation sites excluding steroid dienone is 4. The molecular weight excluding hydrogens is 516 g/mol. The summed E-state index contributed by atoms with van der Waals surface area (Å²) in [5.41, 5.74) is 2.78. The molecule has 0 amide bonds. The van der Waals surface area contributed by atoms with E-state index in [9.17, 15) is 18.9 Å². The molecule has 0 aromatic heterocycles. The van der Waals surface area contributed by atoms with Gasteiger partial charge in [-0.25, -0.2) is 0 Å². The van der Waals surface area contributed by atoms with E-state index < -0.39 is 22.2 Å². The third-order valence-electron chi connectivity index (χ3n) is 7.39. The van der Waals surface area contributed by atoms with E-state index in [4.69, 9.17) is 0 Å². The maximum Gasteiger partial charge on any atom is 0.310 e. The lowest BCUT2D eigenvalue weighted by Gasteiger charge is -2.32. The van der Waals surface area contributed by atoms with E-state index in [2.05, 4.69) is 10.3 Å². The van der Waals surface area contributed by atoms with Crippen LogP contribution >= 0.6 is 11.8 Å². The van der Waals surface area contributed by atoms with Crippen molar-refractivity contribution in [3.63, 3.8) is 0 Å². The molecule has 2 atom stereocenters. The summed E-state index contributed by atoms with van der Waals surface area (Å²) in [6.07, 6.45) is 15.0. The van der Waals surface area contributed by atoms with Gasteiger partial charge >= 0.3 is 5.97 Å². The normalized spacial score (nSPS) is 22.3. The number of carboxylic acids is 1. The Kier molecular flexibility index (Phi) is 11.6. The average Bonchev–Trinajstić information content (AvgIpc) is 3.02. The number of carbonyl (C=O) groups is 2. The van der Waals surface area contributed by atoms with E-state index in [1.165, 1.54) is 0 Å².